The van der Waals surface area contributed by atoms with Gasteiger partial charge in [-0.25, -0.2) is 4.98 Å². The summed E-state index contributed by atoms with van der Waals surface area (Å²) in [6.45, 7) is 3.34. The third-order valence-corrected chi connectivity index (χ3v) is 3.68. The first-order valence-corrected chi connectivity index (χ1v) is 7.36. The summed E-state index contributed by atoms with van der Waals surface area (Å²) in [7, 11) is 4.00. The molecule has 0 amide bonds. The van der Waals surface area contributed by atoms with E-state index in [1.54, 1.807) is 4.57 Å². The fraction of sp³-hybridized carbons (Fsp3) is 0.294. The number of aromatic nitrogens is 3. The van der Waals surface area contributed by atoms with E-state index in [1.165, 1.54) is 0 Å². The summed E-state index contributed by atoms with van der Waals surface area (Å²) in [5.74, 6) is 0.710. The normalized spacial score (nSPS) is 11.5. The van der Waals surface area contributed by atoms with Gasteiger partial charge in [-0.15, -0.1) is 0 Å². The monoisotopic (exact) mass is 296 g/mol. The van der Waals surface area contributed by atoms with E-state index in [1.807, 2.05) is 57.4 Å². The van der Waals surface area contributed by atoms with Gasteiger partial charge in [0.05, 0.1) is 5.39 Å². The molecule has 0 aliphatic carbocycles. The van der Waals surface area contributed by atoms with Crippen LogP contribution in [0.2, 0.25) is 0 Å². The number of benzene rings is 1. The van der Waals surface area contributed by atoms with Crippen molar-refractivity contribution in [3.8, 4) is 11.4 Å². The van der Waals surface area contributed by atoms with Crippen LogP contribution in [0.3, 0.4) is 0 Å². The Morgan fingerprint density at radius 2 is 1.95 bits per heavy atom. The van der Waals surface area contributed by atoms with Crippen molar-refractivity contribution in [2.75, 3.05) is 20.6 Å². The minimum absolute atomic E-state index is 0.00931. The van der Waals surface area contributed by atoms with E-state index in [0.717, 1.165) is 17.8 Å². The van der Waals surface area contributed by atoms with E-state index in [9.17, 15) is 4.79 Å². The third kappa shape index (κ3) is 2.67. The highest BCUT2D eigenvalue weighted by molar-refractivity contribution is 5.77. The summed E-state index contributed by atoms with van der Waals surface area (Å²) in [5.41, 5.74) is 2.56. The molecular formula is C17H20N4O. The van der Waals surface area contributed by atoms with Crippen molar-refractivity contribution < 1.29 is 0 Å². The Morgan fingerprint density at radius 3 is 2.64 bits per heavy atom. The SMILES string of the molecule is Cc1cc2c(=O)n(CCN(C)C)c(-c3ccccc3)nc2[nH]1. The second-order valence-electron chi connectivity index (χ2n) is 5.78. The molecule has 5 nitrogen and oxygen atoms in total. The van der Waals surface area contributed by atoms with Gasteiger partial charge in [-0.3, -0.25) is 9.36 Å². The predicted molar refractivity (Wildman–Crippen MR) is 89.1 cm³/mol. The Bertz CT molecular complexity index is 846. The van der Waals surface area contributed by atoms with Crippen LogP contribution in [0.1, 0.15) is 5.69 Å². The lowest BCUT2D eigenvalue weighted by atomic mass is 10.2. The first-order chi connectivity index (χ1) is 10.6. The fourth-order valence-corrected chi connectivity index (χ4v) is 2.55. The molecule has 0 fully saturated rings. The smallest absolute Gasteiger partial charge is 0.263 e. The zero-order valence-corrected chi connectivity index (χ0v) is 13.1. The molecule has 0 aliphatic heterocycles. The summed E-state index contributed by atoms with van der Waals surface area (Å²) in [6.07, 6.45) is 0. The van der Waals surface area contributed by atoms with Gasteiger partial charge < -0.3 is 9.88 Å². The van der Waals surface area contributed by atoms with Crippen LogP contribution < -0.4 is 5.56 Å². The van der Waals surface area contributed by atoms with E-state index in [-0.39, 0.29) is 5.56 Å². The van der Waals surface area contributed by atoms with Crippen LogP contribution in [0.5, 0.6) is 0 Å². The lowest BCUT2D eigenvalue weighted by Gasteiger charge is -2.15. The van der Waals surface area contributed by atoms with E-state index in [0.29, 0.717) is 23.4 Å². The topological polar surface area (TPSA) is 53.9 Å². The maximum absolute atomic E-state index is 12.8. The molecule has 0 atom stereocenters. The van der Waals surface area contributed by atoms with E-state index in [4.69, 9.17) is 4.98 Å². The van der Waals surface area contributed by atoms with Crippen molar-refractivity contribution in [1.82, 2.24) is 19.4 Å². The molecule has 0 unspecified atom stereocenters. The molecule has 114 valence electrons. The van der Waals surface area contributed by atoms with E-state index in [2.05, 4.69) is 9.88 Å². The zero-order chi connectivity index (χ0) is 15.7. The number of H-pyrrole nitrogens is 1. The van der Waals surface area contributed by atoms with Crippen LogP contribution in [0, 0.1) is 6.92 Å². The molecule has 0 saturated heterocycles. The van der Waals surface area contributed by atoms with Crippen molar-refractivity contribution in [3.63, 3.8) is 0 Å². The van der Waals surface area contributed by atoms with E-state index >= 15 is 0 Å². The maximum atomic E-state index is 12.8. The van der Waals surface area contributed by atoms with Gasteiger partial charge >= 0.3 is 0 Å². The fourth-order valence-electron chi connectivity index (χ4n) is 2.55. The standard InChI is InChI=1S/C17H20N4O/c1-12-11-14-15(18-12)19-16(13-7-5-4-6-8-13)21(17(14)22)10-9-20(2)3/h4-8,11,18H,9-10H2,1-3H3. The van der Waals surface area contributed by atoms with Crippen molar-refractivity contribution in [3.05, 3.63) is 52.4 Å². The molecule has 0 spiro atoms. The van der Waals surface area contributed by atoms with Gasteiger partial charge in [-0.2, -0.15) is 0 Å². The summed E-state index contributed by atoms with van der Waals surface area (Å²) >= 11 is 0. The van der Waals surface area contributed by atoms with Gasteiger partial charge in [0.15, 0.2) is 0 Å². The van der Waals surface area contributed by atoms with Crippen LogP contribution in [0.15, 0.2) is 41.2 Å². The highest BCUT2D eigenvalue weighted by atomic mass is 16.1. The maximum Gasteiger partial charge on any atom is 0.263 e. The van der Waals surface area contributed by atoms with Crippen molar-refractivity contribution in [1.29, 1.82) is 0 Å². The van der Waals surface area contributed by atoms with Crippen LogP contribution in [-0.2, 0) is 6.54 Å². The number of nitrogens with zero attached hydrogens (tertiary/aromatic N) is 3. The molecule has 0 aliphatic rings. The molecular weight excluding hydrogens is 276 g/mol. The molecule has 5 heteroatoms. The summed E-state index contributed by atoms with van der Waals surface area (Å²) < 4.78 is 1.77. The largest absolute Gasteiger partial charge is 0.343 e. The molecule has 3 aromatic rings. The third-order valence-electron chi connectivity index (χ3n) is 3.68. The quantitative estimate of drug-likeness (QED) is 0.803. The highest BCUT2D eigenvalue weighted by Gasteiger charge is 2.14. The number of hydrogen-bond acceptors (Lipinski definition) is 3. The number of rotatable bonds is 4. The molecule has 0 saturated carbocycles. The first kappa shape index (κ1) is 14.5. The number of nitrogens with one attached hydrogen (secondary N) is 1. The predicted octanol–water partition coefficient (Wildman–Crippen LogP) is 2.26. The molecule has 0 radical (unpaired) electrons. The Kier molecular flexibility index (Phi) is 3.81. The molecule has 2 aromatic heterocycles. The minimum Gasteiger partial charge on any atom is -0.343 e. The summed E-state index contributed by atoms with van der Waals surface area (Å²) in [5, 5.41) is 0.649. The second kappa shape index (κ2) is 5.77. The average molecular weight is 296 g/mol. The highest BCUT2D eigenvalue weighted by Crippen LogP contribution is 2.18. The Labute approximate surface area is 129 Å². The van der Waals surface area contributed by atoms with Crippen LogP contribution in [0.4, 0.5) is 0 Å². The molecule has 2 heterocycles. The van der Waals surface area contributed by atoms with Crippen molar-refractivity contribution >= 4 is 11.0 Å². The number of aryl methyl sites for hydroxylation is 1. The Morgan fingerprint density at radius 1 is 1.23 bits per heavy atom. The van der Waals surface area contributed by atoms with Crippen LogP contribution in [0.25, 0.3) is 22.4 Å². The van der Waals surface area contributed by atoms with Crippen LogP contribution in [-0.4, -0.2) is 40.1 Å². The van der Waals surface area contributed by atoms with Crippen LogP contribution >= 0.6 is 0 Å². The molecule has 1 aromatic carbocycles. The molecule has 1 N–H and O–H groups in total. The number of hydrogen-bond donors (Lipinski definition) is 1. The van der Waals surface area contributed by atoms with Gasteiger partial charge in [-0.1, -0.05) is 30.3 Å². The zero-order valence-electron chi connectivity index (χ0n) is 13.1. The lowest BCUT2D eigenvalue weighted by molar-refractivity contribution is 0.381. The van der Waals surface area contributed by atoms with Gasteiger partial charge in [0, 0.05) is 24.3 Å². The second-order valence-corrected chi connectivity index (χ2v) is 5.78. The number of aromatic amines is 1. The van der Waals surface area contributed by atoms with E-state index < -0.39 is 0 Å². The van der Waals surface area contributed by atoms with Gasteiger partial charge in [0.2, 0.25) is 0 Å². The Hall–Kier alpha value is -2.40. The summed E-state index contributed by atoms with van der Waals surface area (Å²) in [6, 6.07) is 11.7. The molecule has 3 rings (SSSR count). The first-order valence-electron chi connectivity index (χ1n) is 7.36. The minimum atomic E-state index is 0.00931. The van der Waals surface area contributed by atoms with Gasteiger partial charge in [0.1, 0.15) is 11.5 Å². The average Bonchev–Trinajstić information content (AvgIpc) is 2.87. The number of likely N-dealkylation sites (N-methyl/N-ethyl adjacent to an activating group) is 1. The van der Waals surface area contributed by atoms with Gasteiger partial charge in [-0.05, 0) is 27.1 Å². The molecule has 0 bridgehead atoms. The summed E-state index contributed by atoms with van der Waals surface area (Å²) in [4.78, 5) is 22.8. The number of fused-ring (bicyclic) bond motifs is 1. The molecule has 22 heavy (non-hydrogen) atoms. The Balaban J connectivity index is 2.23. The van der Waals surface area contributed by atoms with Gasteiger partial charge in [0.25, 0.3) is 5.56 Å². The lowest BCUT2D eigenvalue weighted by Crippen LogP contribution is -2.28. The van der Waals surface area contributed by atoms with Crippen molar-refractivity contribution in [2.45, 2.75) is 13.5 Å². The van der Waals surface area contributed by atoms with Crippen molar-refractivity contribution in [2.24, 2.45) is 0 Å².